The van der Waals surface area contributed by atoms with Crippen molar-refractivity contribution in [2.45, 2.75) is 19.5 Å². The van der Waals surface area contributed by atoms with Crippen molar-refractivity contribution >= 4 is 22.9 Å². The number of hydrogen-bond acceptors (Lipinski definition) is 3. The Morgan fingerprint density at radius 1 is 1.44 bits per heavy atom. The number of benzene rings is 1. The van der Waals surface area contributed by atoms with Gasteiger partial charge in [-0.1, -0.05) is 29.8 Å². The first-order valence-electron chi connectivity index (χ1n) is 5.12. The van der Waals surface area contributed by atoms with Gasteiger partial charge in [0, 0.05) is 28.7 Å². The van der Waals surface area contributed by atoms with Crippen molar-refractivity contribution in [1.82, 2.24) is 10.3 Å². The lowest BCUT2D eigenvalue weighted by Gasteiger charge is -2.14. The second kappa shape index (κ2) is 5.43. The number of hydrogen-bond donors (Lipinski definition) is 1. The zero-order chi connectivity index (χ0) is 11.4. The minimum Gasteiger partial charge on any atom is -0.305 e. The van der Waals surface area contributed by atoms with E-state index in [1.807, 2.05) is 36.0 Å². The van der Waals surface area contributed by atoms with E-state index < -0.39 is 0 Å². The van der Waals surface area contributed by atoms with Crippen LogP contribution >= 0.6 is 22.9 Å². The molecule has 16 heavy (non-hydrogen) atoms. The van der Waals surface area contributed by atoms with Gasteiger partial charge in [-0.3, -0.25) is 4.98 Å². The van der Waals surface area contributed by atoms with Crippen molar-refractivity contribution < 1.29 is 0 Å². The summed E-state index contributed by atoms with van der Waals surface area (Å²) in [5, 5.41) is 4.24. The maximum atomic E-state index is 6.13. The van der Waals surface area contributed by atoms with Gasteiger partial charge in [-0.2, -0.15) is 0 Å². The van der Waals surface area contributed by atoms with Gasteiger partial charge in [0.1, 0.15) is 0 Å². The van der Waals surface area contributed by atoms with Crippen LogP contribution in [0.25, 0.3) is 0 Å². The Hall–Kier alpha value is -0.900. The first kappa shape index (κ1) is 11.6. The lowest BCUT2D eigenvalue weighted by atomic mass is 10.1. The van der Waals surface area contributed by atoms with E-state index in [1.165, 1.54) is 4.88 Å². The average Bonchev–Trinajstić information content (AvgIpc) is 2.79. The highest BCUT2D eigenvalue weighted by Gasteiger charge is 2.08. The quantitative estimate of drug-likeness (QED) is 0.899. The van der Waals surface area contributed by atoms with Gasteiger partial charge in [0.05, 0.1) is 5.51 Å². The van der Waals surface area contributed by atoms with Crippen molar-refractivity contribution in [3.63, 3.8) is 0 Å². The summed E-state index contributed by atoms with van der Waals surface area (Å²) in [5.41, 5.74) is 2.98. The van der Waals surface area contributed by atoms with E-state index in [2.05, 4.69) is 17.2 Å². The first-order chi connectivity index (χ1) is 7.77. The van der Waals surface area contributed by atoms with Crippen LogP contribution in [0.2, 0.25) is 5.02 Å². The zero-order valence-corrected chi connectivity index (χ0v) is 10.6. The monoisotopic (exact) mass is 252 g/mol. The molecular weight excluding hydrogens is 240 g/mol. The molecule has 2 nitrogen and oxygen atoms in total. The Labute approximate surface area is 104 Å². The van der Waals surface area contributed by atoms with Gasteiger partial charge in [-0.25, -0.2) is 0 Å². The van der Waals surface area contributed by atoms with Gasteiger partial charge in [0.2, 0.25) is 0 Å². The summed E-state index contributed by atoms with van der Waals surface area (Å²) in [7, 11) is 0. The molecule has 0 saturated carbocycles. The minimum absolute atomic E-state index is 0.246. The number of thiazole rings is 1. The maximum absolute atomic E-state index is 6.13. The molecule has 0 spiro atoms. The largest absolute Gasteiger partial charge is 0.305 e. The standard InChI is InChI=1S/C12H13ClN2S/c1-9(11-4-2-3-5-12(11)13)15-7-10-6-14-8-16-10/h2-6,8-9,15H,7H2,1H3. The van der Waals surface area contributed by atoms with Crippen LogP contribution < -0.4 is 5.32 Å². The molecule has 0 aliphatic carbocycles. The van der Waals surface area contributed by atoms with Crippen molar-refractivity contribution in [3.8, 4) is 0 Å². The van der Waals surface area contributed by atoms with Crippen LogP contribution in [0.15, 0.2) is 36.0 Å². The summed E-state index contributed by atoms with van der Waals surface area (Å²) in [6.45, 7) is 2.94. The molecule has 1 unspecified atom stereocenters. The molecule has 4 heteroatoms. The molecule has 0 amide bonds. The SMILES string of the molecule is CC(NCc1cncs1)c1ccccc1Cl. The molecule has 1 aromatic heterocycles. The normalized spacial score (nSPS) is 12.6. The molecule has 1 atom stereocenters. The number of nitrogens with one attached hydrogen (secondary N) is 1. The predicted molar refractivity (Wildman–Crippen MR) is 68.8 cm³/mol. The summed E-state index contributed by atoms with van der Waals surface area (Å²) >= 11 is 7.79. The maximum Gasteiger partial charge on any atom is 0.0794 e. The van der Waals surface area contributed by atoms with Crippen LogP contribution in [0.1, 0.15) is 23.4 Å². The van der Waals surface area contributed by atoms with Gasteiger partial charge in [-0.15, -0.1) is 11.3 Å². The molecule has 0 radical (unpaired) electrons. The molecule has 2 aromatic rings. The summed E-state index contributed by atoms with van der Waals surface area (Å²) in [4.78, 5) is 5.28. The molecule has 1 aromatic carbocycles. The fourth-order valence-corrected chi connectivity index (χ4v) is 2.36. The number of halogens is 1. The second-order valence-corrected chi connectivity index (χ2v) is 4.97. The lowest BCUT2D eigenvalue weighted by Crippen LogP contribution is -2.17. The van der Waals surface area contributed by atoms with Gasteiger partial charge < -0.3 is 5.32 Å². The van der Waals surface area contributed by atoms with Crippen LogP contribution in [-0.4, -0.2) is 4.98 Å². The molecule has 0 aliphatic heterocycles. The van der Waals surface area contributed by atoms with Crippen molar-refractivity contribution in [3.05, 3.63) is 51.4 Å². The zero-order valence-electron chi connectivity index (χ0n) is 8.98. The number of aromatic nitrogens is 1. The van der Waals surface area contributed by atoms with Gasteiger partial charge in [0.15, 0.2) is 0 Å². The molecule has 1 heterocycles. The molecule has 0 bridgehead atoms. The van der Waals surface area contributed by atoms with E-state index in [0.717, 1.165) is 17.1 Å². The van der Waals surface area contributed by atoms with Crippen molar-refractivity contribution in [2.75, 3.05) is 0 Å². The summed E-state index contributed by atoms with van der Waals surface area (Å²) < 4.78 is 0. The Kier molecular flexibility index (Phi) is 3.93. The molecule has 84 valence electrons. The topological polar surface area (TPSA) is 24.9 Å². The Bertz CT molecular complexity index is 442. The van der Waals surface area contributed by atoms with E-state index in [9.17, 15) is 0 Å². The lowest BCUT2D eigenvalue weighted by molar-refractivity contribution is 0.578. The third kappa shape index (κ3) is 2.82. The first-order valence-corrected chi connectivity index (χ1v) is 6.38. The van der Waals surface area contributed by atoms with Crippen molar-refractivity contribution in [1.29, 1.82) is 0 Å². The summed E-state index contributed by atoms with van der Waals surface area (Å²) in [6.07, 6.45) is 1.89. The predicted octanol–water partition coefficient (Wildman–Crippen LogP) is 3.65. The van der Waals surface area contributed by atoms with Crippen molar-refractivity contribution in [2.24, 2.45) is 0 Å². The van der Waals surface area contributed by atoms with Gasteiger partial charge in [-0.05, 0) is 18.6 Å². The molecule has 0 aliphatic rings. The summed E-state index contributed by atoms with van der Waals surface area (Å²) in [5.74, 6) is 0. The van der Waals surface area contributed by atoms with Gasteiger partial charge >= 0.3 is 0 Å². The molecule has 0 saturated heterocycles. The average molecular weight is 253 g/mol. The Balaban J connectivity index is 1.98. The van der Waals surface area contributed by atoms with Crippen LogP contribution in [0, 0.1) is 0 Å². The van der Waals surface area contributed by atoms with E-state index in [4.69, 9.17) is 11.6 Å². The molecule has 2 rings (SSSR count). The van der Waals surface area contributed by atoms with E-state index in [0.29, 0.717) is 0 Å². The van der Waals surface area contributed by atoms with E-state index >= 15 is 0 Å². The Morgan fingerprint density at radius 2 is 2.25 bits per heavy atom. The molecule has 1 N–H and O–H groups in total. The molecule has 0 fully saturated rings. The highest BCUT2D eigenvalue weighted by atomic mass is 35.5. The Morgan fingerprint density at radius 3 is 2.94 bits per heavy atom. The third-order valence-electron chi connectivity index (χ3n) is 2.44. The highest BCUT2D eigenvalue weighted by Crippen LogP contribution is 2.22. The fourth-order valence-electron chi connectivity index (χ4n) is 1.52. The van der Waals surface area contributed by atoms with Crippen LogP contribution in [0.5, 0.6) is 0 Å². The third-order valence-corrected chi connectivity index (χ3v) is 3.56. The number of rotatable bonds is 4. The summed E-state index contributed by atoms with van der Waals surface area (Å²) in [6, 6.07) is 8.17. The van der Waals surface area contributed by atoms with E-state index in [-0.39, 0.29) is 6.04 Å². The van der Waals surface area contributed by atoms with Gasteiger partial charge in [0.25, 0.3) is 0 Å². The van der Waals surface area contributed by atoms with Crippen LogP contribution in [0.3, 0.4) is 0 Å². The second-order valence-electron chi connectivity index (χ2n) is 3.59. The molecular formula is C12H13ClN2S. The van der Waals surface area contributed by atoms with Crippen LogP contribution in [0.4, 0.5) is 0 Å². The minimum atomic E-state index is 0.246. The fraction of sp³-hybridized carbons (Fsp3) is 0.250. The highest BCUT2D eigenvalue weighted by molar-refractivity contribution is 7.09. The number of nitrogens with zero attached hydrogens (tertiary/aromatic N) is 1. The van der Waals surface area contributed by atoms with Crippen LogP contribution in [-0.2, 0) is 6.54 Å². The van der Waals surface area contributed by atoms with E-state index in [1.54, 1.807) is 11.3 Å². The smallest absolute Gasteiger partial charge is 0.0794 e.